The summed E-state index contributed by atoms with van der Waals surface area (Å²) in [5, 5.41) is 0. The number of likely N-dealkylation sites (tertiary alicyclic amines) is 1. The quantitative estimate of drug-likeness (QED) is 0.485. The number of piperidine rings is 1. The number of carbonyl (C=O) groups excluding carboxylic acids is 2. The Labute approximate surface area is 224 Å². The SMILES string of the molecule is Cc1ccc(C(=O)N2CCC3(CCCCc4ccccc4OCCN(C(=O)c4cnccn4)C3)CC2)cc1. The molecular weight excluding hydrogens is 476 g/mol. The van der Waals surface area contributed by atoms with Crippen molar-refractivity contribution in [3.63, 3.8) is 0 Å². The average Bonchev–Trinajstić information content (AvgIpc) is 2.95. The highest BCUT2D eigenvalue weighted by Gasteiger charge is 2.38. The fourth-order valence-corrected chi connectivity index (χ4v) is 5.71. The second-order valence-electron chi connectivity index (χ2n) is 10.6. The summed E-state index contributed by atoms with van der Waals surface area (Å²) in [4.78, 5) is 39.0. The highest BCUT2D eigenvalue weighted by atomic mass is 16.5. The number of ether oxygens (including phenoxy) is 1. The van der Waals surface area contributed by atoms with Crippen molar-refractivity contribution in [3.05, 3.63) is 89.5 Å². The van der Waals surface area contributed by atoms with Gasteiger partial charge in [-0.1, -0.05) is 42.3 Å². The molecule has 0 saturated carbocycles. The van der Waals surface area contributed by atoms with Crippen LogP contribution in [-0.4, -0.2) is 64.4 Å². The maximum Gasteiger partial charge on any atom is 0.274 e. The van der Waals surface area contributed by atoms with Crippen LogP contribution in [0.25, 0.3) is 0 Å². The molecule has 0 atom stereocenters. The summed E-state index contributed by atoms with van der Waals surface area (Å²) in [6.45, 7) is 4.92. The lowest BCUT2D eigenvalue weighted by molar-refractivity contribution is 0.0325. The van der Waals surface area contributed by atoms with E-state index in [0.717, 1.165) is 55.4 Å². The summed E-state index contributed by atoms with van der Waals surface area (Å²) < 4.78 is 6.18. The number of para-hydroxylation sites is 1. The molecule has 2 aliphatic heterocycles. The molecular formula is C31H36N4O3. The van der Waals surface area contributed by atoms with E-state index in [2.05, 4.69) is 22.1 Å². The van der Waals surface area contributed by atoms with Crippen molar-refractivity contribution < 1.29 is 14.3 Å². The smallest absolute Gasteiger partial charge is 0.274 e. The molecule has 1 fully saturated rings. The van der Waals surface area contributed by atoms with Gasteiger partial charge >= 0.3 is 0 Å². The van der Waals surface area contributed by atoms with Gasteiger partial charge in [-0.05, 0) is 68.2 Å². The fourth-order valence-electron chi connectivity index (χ4n) is 5.71. The summed E-state index contributed by atoms with van der Waals surface area (Å²) >= 11 is 0. The predicted octanol–water partition coefficient (Wildman–Crippen LogP) is 4.96. The minimum atomic E-state index is -0.121. The standard InChI is InChI=1S/C31H36N4O3/c1-24-9-11-26(12-10-24)29(36)34-18-14-31(15-19-34)13-5-4-7-25-6-2-3-8-28(25)38-21-20-35(23-31)30(37)27-22-32-16-17-33-27/h2-3,6,8-12,16-17,22H,4-5,7,13-15,18-21,23H2,1H3. The first-order valence-corrected chi connectivity index (χ1v) is 13.6. The van der Waals surface area contributed by atoms with Crippen LogP contribution in [0.1, 0.15) is 64.1 Å². The van der Waals surface area contributed by atoms with Crippen LogP contribution in [0.4, 0.5) is 0 Å². The summed E-state index contributed by atoms with van der Waals surface area (Å²) in [6, 6.07) is 16.0. The Morgan fingerprint density at radius 1 is 0.868 bits per heavy atom. The van der Waals surface area contributed by atoms with Crippen molar-refractivity contribution in [1.82, 2.24) is 19.8 Å². The van der Waals surface area contributed by atoms with Gasteiger partial charge in [0.15, 0.2) is 0 Å². The van der Waals surface area contributed by atoms with E-state index in [0.29, 0.717) is 38.5 Å². The van der Waals surface area contributed by atoms with E-state index in [9.17, 15) is 9.59 Å². The highest BCUT2D eigenvalue weighted by Crippen LogP contribution is 2.39. The van der Waals surface area contributed by atoms with Crippen molar-refractivity contribution in [2.24, 2.45) is 5.41 Å². The maximum atomic E-state index is 13.6. The van der Waals surface area contributed by atoms with Crippen molar-refractivity contribution in [2.75, 3.05) is 32.8 Å². The molecule has 2 aromatic carbocycles. The highest BCUT2D eigenvalue weighted by molar-refractivity contribution is 5.94. The molecule has 1 spiro atoms. The van der Waals surface area contributed by atoms with Crippen LogP contribution < -0.4 is 4.74 Å². The third-order valence-electron chi connectivity index (χ3n) is 8.00. The molecule has 0 radical (unpaired) electrons. The topological polar surface area (TPSA) is 75.6 Å². The van der Waals surface area contributed by atoms with Gasteiger partial charge in [0, 0.05) is 37.6 Å². The van der Waals surface area contributed by atoms with Crippen molar-refractivity contribution in [2.45, 2.75) is 45.4 Å². The molecule has 0 aliphatic carbocycles. The first kappa shape index (κ1) is 25.9. The summed E-state index contributed by atoms with van der Waals surface area (Å²) in [5.41, 5.74) is 3.39. The van der Waals surface area contributed by atoms with Crippen LogP contribution >= 0.6 is 0 Å². The Bertz CT molecular complexity index is 1240. The van der Waals surface area contributed by atoms with Crippen LogP contribution in [0.3, 0.4) is 0 Å². The van der Waals surface area contributed by atoms with E-state index in [4.69, 9.17) is 4.74 Å². The van der Waals surface area contributed by atoms with Crippen molar-refractivity contribution in [1.29, 1.82) is 0 Å². The Morgan fingerprint density at radius 3 is 2.42 bits per heavy atom. The third-order valence-corrected chi connectivity index (χ3v) is 8.00. The molecule has 5 rings (SSSR count). The number of fused-ring (bicyclic) bond motifs is 1. The zero-order valence-electron chi connectivity index (χ0n) is 22.1. The number of hydrogen-bond donors (Lipinski definition) is 0. The van der Waals surface area contributed by atoms with Gasteiger partial charge in [0.05, 0.1) is 12.7 Å². The average molecular weight is 513 g/mol. The molecule has 38 heavy (non-hydrogen) atoms. The van der Waals surface area contributed by atoms with Gasteiger partial charge in [0.1, 0.15) is 18.1 Å². The molecule has 0 unspecified atom stereocenters. The number of hydrogen-bond acceptors (Lipinski definition) is 5. The molecule has 198 valence electrons. The lowest BCUT2D eigenvalue weighted by Crippen LogP contribution is -2.50. The molecule has 1 aromatic heterocycles. The minimum absolute atomic E-state index is 0.0549. The number of carbonyl (C=O) groups is 2. The zero-order valence-corrected chi connectivity index (χ0v) is 22.1. The van der Waals surface area contributed by atoms with Gasteiger partial charge in [-0.3, -0.25) is 14.6 Å². The van der Waals surface area contributed by atoms with E-state index < -0.39 is 0 Å². The van der Waals surface area contributed by atoms with Gasteiger partial charge in [0.2, 0.25) is 0 Å². The lowest BCUT2D eigenvalue weighted by atomic mass is 9.73. The number of amides is 2. The number of benzene rings is 2. The Hall–Kier alpha value is -3.74. The maximum absolute atomic E-state index is 13.6. The normalized spacial score (nSPS) is 18.0. The van der Waals surface area contributed by atoms with E-state index in [1.165, 1.54) is 11.8 Å². The van der Waals surface area contributed by atoms with Gasteiger partial charge < -0.3 is 14.5 Å². The molecule has 2 aliphatic rings. The largest absolute Gasteiger partial charge is 0.491 e. The predicted molar refractivity (Wildman–Crippen MR) is 146 cm³/mol. The number of aromatic nitrogens is 2. The Morgan fingerprint density at radius 2 is 1.66 bits per heavy atom. The molecule has 2 amide bonds. The lowest BCUT2D eigenvalue weighted by Gasteiger charge is -2.45. The van der Waals surface area contributed by atoms with E-state index in [1.807, 2.05) is 53.1 Å². The first-order valence-electron chi connectivity index (χ1n) is 13.6. The molecule has 0 N–H and O–H groups in total. The number of rotatable bonds is 2. The Balaban J connectivity index is 1.35. The van der Waals surface area contributed by atoms with Gasteiger partial charge in [-0.2, -0.15) is 0 Å². The zero-order chi connectivity index (χ0) is 26.4. The van der Waals surface area contributed by atoms with Crippen LogP contribution in [-0.2, 0) is 6.42 Å². The summed E-state index contributed by atoms with van der Waals surface area (Å²) in [7, 11) is 0. The second-order valence-corrected chi connectivity index (χ2v) is 10.6. The van der Waals surface area contributed by atoms with Gasteiger partial charge in [0.25, 0.3) is 11.8 Å². The van der Waals surface area contributed by atoms with Gasteiger partial charge in [-0.25, -0.2) is 4.98 Å². The van der Waals surface area contributed by atoms with Crippen molar-refractivity contribution in [3.8, 4) is 5.75 Å². The van der Waals surface area contributed by atoms with Crippen LogP contribution in [0, 0.1) is 12.3 Å². The van der Waals surface area contributed by atoms with Crippen LogP contribution in [0.15, 0.2) is 67.1 Å². The van der Waals surface area contributed by atoms with Crippen molar-refractivity contribution >= 4 is 11.8 Å². The fraction of sp³-hybridized carbons (Fsp3) is 0.419. The number of aryl methyl sites for hydroxylation is 2. The van der Waals surface area contributed by atoms with Gasteiger partial charge in [-0.15, -0.1) is 0 Å². The number of nitrogens with zero attached hydrogens (tertiary/aromatic N) is 4. The van der Waals surface area contributed by atoms with Crippen LogP contribution in [0.5, 0.6) is 5.75 Å². The van der Waals surface area contributed by atoms with E-state index in [1.54, 1.807) is 12.4 Å². The molecule has 7 heteroatoms. The summed E-state index contributed by atoms with van der Waals surface area (Å²) in [6.07, 6.45) is 10.5. The minimum Gasteiger partial charge on any atom is -0.491 e. The monoisotopic (exact) mass is 512 g/mol. The summed E-state index contributed by atoms with van der Waals surface area (Å²) in [5.74, 6) is 0.868. The Kier molecular flexibility index (Phi) is 8.01. The molecule has 3 heterocycles. The molecule has 1 saturated heterocycles. The second kappa shape index (κ2) is 11.8. The van der Waals surface area contributed by atoms with Crippen LogP contribution in [0.2, 0.25) is 0 Å². The molecule has 3 aromatic rings. The first-order chi connectivity index (χ1) is 18.5. The molecule has 0 bridgehead atoms. The molecule has 7 nitrogen and oxygen atoms in total. The van der Waals surface area contributed by atoms with E-state index in [-0.39, 0.29) is 17.2 Å². The van der Waals surface area contributed by atoms with E-state index >= 15 is 0 Å². The third kappa shape index (κ3) is 6.04.